The van der Waals surface area contributed by atoms with Crippen LogP contribution in [0.25, 0.3) is 0 Å². The molecule has 0 aliphatic carbocycles. The minimum absolute atomic E-state index is 0.268. The van der Waals surface area contributed by atoms with Crippen LogP contribution in [-0.2, 0) is 11.2 Å². The Labute approximate surface area is 81.4 Å². The Balaban J connectivity index is 3.26. The van der Waals surface area contributed by atoms with Crippen LogP contribution < -0.4 is 0 Å². The lowest BCUT2D eigenvalue weighted by atomic mass is 10.1. The molecule has 1 heterocycles. The third-order valence-electron chi connectivity index (χ3n) is 1.61. The van der Waals surface area contributed by atoms with E-state index in [1.807, 2.05) is 0 Å². The zero-order valence-corrected chi connectivity index (χ0v) is 7.18. The number of halogens is 4. The number of carbonyl (C=O) groups is 1. The number of hydrogen-bond donors (Lipinski definition) is 1. The molecule has 1 aromatic heterocycles. The van der Waals surface area contributed by atoms with Gasteiger partial charge in [-0.2, -0.15) is 4.39 Å². The molecule has 1 N–H and O–H groups in total. The molecule has 0 spiro atoms. The second-order valence-electron chi connectivity index (χ2n) is 2.66. The maximum atomic E-state index is 13.0. The van der Waals surface area contributed by atoms with Crippen molar-refractivity contribution in [3.05, 3.63) is 29.1 Å². The molecule has 1 aromatic rings. The van der Waals surface area contributed by atoms with E-state index in [1.165, 1.54) is 0 Å². The van der Waals surface area contributed by atoms with Crippen LogP contribution >= 0.6 is 0 Å². The van der Waals surface area contributed by atoms with Crippen LogP contribution in [-0.4, -0.2) is 16.1 Å². The molecule has 3 nitrogen and oxygen atoms in total. The summed E-state index contributed by atoms with van der Waals surface area (Å²) in [6.45, 7) is 0. The lowest BCUT2D eigenvalue weighted by Crippen LogP contribution is -2.10. The minimum Gasteiger partial charge on any atom is -0.481 e. The number of rotatable bonds is 3. The van der Waals surface area contributed by atoms with Crippen LogP contribution in [0.1, 0.15) is 17.7 Å². The van der Waals surface area contributed by atoms with E-state index in [4.69, 9.17) is 5.11 Å². The molecular weight excluding hydrogens is 218 g/mol. The number of hydrogen-bond acceptors (Lipinski definition) is 2. The fourth-order valence-electron chi connectivity index (χ4n) is 1.04. The standard InChI is InChI=1S/C8H5F4NO2/c9-4-2-5(10)13-7(8(11)12)3(4)1-6(14)15/h2,8H,1H2,(H,14,15). The van der Waals surface area contributed by atoms with E-state index in [0.29, 0.717) is 0 Å². The molecule has 0 unspecified atom stereocenters. The summed E-state index contributed by atoms with van der Waals surface area (Å²) in [5, 5.41) is 8.33. The van der Waals surface area contributed by atoms with E-state index in [-0.39, 0.29) is 6.07 Å². The molecule has 0 aromatic carbocycles. The number of carboxylic acid groups (broad SMARTS) is 1. The van der Waals surface area contributed by atoms with Gasteiger partial charge in [0.15, 0.2) is 0 Å². The number of aliphatic carboxylic acids is 1. The van der Waals surface area contributed by atoms with E-state index in [9.17, 15) is 22.4 Å². The number of alkyl halides is 2. The Morgan fingerprint density at radius 3 is 2.53 bits per heavy atom. The van der Waals surface area contributed by atoms with Crippen molar-refractivity contribution in [2.75, 3.05) is 0 Å². The molecule has 0 amide bonds. The van der Waals surface area contributed by atoms with E-state index < -0.39 is 41.8 Å². The highest BCUT2D eigenvalue weighted by molar-refractivity contribution is 5.70. The van der Waals surface area contributed by atoms with Gasteiger partial charge >= 0.3 is 5.97 Å². The van der Waals surface area contributed by atoms with E-state index >= 15 is 0 Å². The SMILES string of the molecule is O=C(O)Cc1c(F)cc(F)nc1C(F)F. The van der Waals surface area contributed by atoms with Crippen LogP contribution in [0, 0.1) is 11.8 Å². The van der Waals surface area contributed by atoms with Gasteiger partial charge in [-0.1, -0.05) is 0 Å². The largest absolute Gasteiger partial charge is 0.481 e. The second-order valence-corrected chi connectivity index (χ2v) is 2.66. The highest BCUT2D eigenvalue weighted by Gasteiger charge is 2.22. The van der Waals surface area contributed by atoms with Gasteiger partial charge in [-0.25, -0.2) is 18.2 Å². The van der Waals surface area contributed by atoms with Gasteiger partial charge in [0.2, 0.25) is 5.95 Å². The summed E-state index contributed by atoms with van der Waals surface area (Å²) < 4.78 is 49.9. The van der Waals surface area contributed by atoms with Gasteiger partial charge in [-0.3, -0.25) is 4.79 Å². The van der Waals surface area contributed by atoms with Gasteiger partial charge in [0.25, 0.3) is 6.43 Å². The first-order valence-electron chi connectivity index (χ1n) is 3.76. The van der Waals surface area contributed by atoms with Crippen molar-refractivity contribution in [3.63, 3.8) is 0 Å². The van der Waals surface area contributed by atoms with Crippen LogP contribution in [0.2, 0.25) is 0 Å². The number of aromatic nitrogens is 1. The van der Waals surface area contributed by atoms with Crippen LogP contribution in [0.5, 0.6) is 0 Å². The van der Waals surface area contributed by atoms with Crippen molar-refractivity contribution >= 4 is 5.97 Å². The van der Waals surface area contributed by atoms with Gasteiger partial charge < -0.3 is 5.11 Å². The highest BCUT2D eigenvalue weighted by Crippen LogP contribution is 2.23. The number of carboxylic acids is 1. The van der Waals surface area contributed by atoms with Crippen molar-refractivity contribution < 1.29 is 27.5 Å². The average molecular weight is 223 g/mol. The summed E-state index contributed by atoms with van der Waals surface area (Å²) in [4.78, 5) is 13.0. The molecular formula is C8H5F4NO2. The maximum Gasteiger partial charge on any atom is 0.308 e. The van der Waals surface area contributed by atoms with Crippen LogP contribution in [0.3, 0.4) is 0 Å². The fraction of sp³-hybridized carbons (Fsp3) is 0.250. The van der Waals surface area contributed by atoms with Crippen LogP contribution in [0.4, 0.5) is 17.6 Å². The van der Waals surface area contributed by atoms with Crippen molar-refractivity contribution in [1.29, 1.82) is 0 Å². The van der Waals surface area contributed by atoms with Gasteiger partial charge in [-0.05, 0) is 0 Å². The summed E-state index contributed by atoms with van der Waals surface area (Å²) in [5.41, 5.74) is -1.96. The predicted octanol–water partition coefficient (Wildman–Crippen LogP) is 1.92. The first kappa shape index (κ1) is 11.4. The Kier molecular flexibility index (Phi) is 3.23. The number of pyridine rings is 1. The summed E-state index contributed by atoms with van der Waals surface area (Å²) in [6.07, 6.45) is -4.18. The van der Waals surface area contributed by atoms with Crippen molar-refractivity contribution in [2.24, 2.45) is 0 Å². The first-order valence-corrected chi connectivity index (χ1v) is 3.76. The Morgan fingerprint density at radius 2 is 2.07 bits per heavy atom. The van der Waals surface area contributed by atoms with Crippen LogP contribution in [0.15, 0.2) is 6.07 Å². The normalized spacial score (nSPS) is 10.7. The molecule has 0 aliphatic heterocycles. The summed E-state index contributed by atoms with van der Waals surface area (Å²) in [6, 6.07) is 0.268. The van der Waals surface area contributed by atoms with E-state index in [0.717, 1.165) is 0 Å². The Morgan fingerprint density at radius 1 is 1.47 bits per heavy atom. The Hall–Kier alpha value is -1.66. The Bertz CT molecular complexity index is 394. The third kappa shape index (κ3) is 2.64. The lowest BCUT2D eigenvalue weighted by molar-refractivity contribution is -0.136. The summed E-state index contributed by atoms with van der Waals surface area (Å²) >= 11 is 0. The quantitative estimate of drug-likeness (QED) is 0.629. The smallest absolute Gasteiger partial charge is 0.308 e. The second kappa shape index (κ2) is 4.24. The monoisotopic (exact) mass is 223 g/mol. The molecule has 82 valence electrons. The van der Waals surface area contributed by atoms with Gasteiger partial charge in [-0.15, -0.1) is 0 Å². The molecule has 0 bridgehead atoms. The minimum atomic E-state index is -3.22. The zero-order valence-electron chi connectivity index (χ0n) is 7.18. The van der Waals surface area contributed by atoms with Crippen molar-refractivity contribution in [1.82, 2.24) is 4.98 Å². The maximum absolute atomic E-state index is 13.0. The lowest BCUT2D eigenvalue weighted by Gasteiger charge is -2.06. The van der Waals surface area contributed by atoms with Crippen molar-refractivity contribution in [3.8, 4) is 0 Å². The van der Waals surface area contributed by atoms with Gasteiger partial charge in [0.1, 0.15) is 11.5 Å². The first-order chi connectivity index (χ1) is 6.91. The molecule has 0 fully saturated rings. The van der Waals surface area contributed by atoms with Gasteiger partial charge in [0.05, 0.1) is 6.42 Å². The molecule has 0 radical (unpaired) electrons. The molecule has 0 saturated carbocycles. The molecule has 7 heteroatoms. The highest BCUT2D eigenvalue weighted by atomic mass is 19.3. The van der Waals surface area contributed by atoms with Gasteiger partial charge in [0, 0.05) is 11.6 Å². The van der Waals surface area contributed by atoms with E-state index in [1.54, 1.807) is 0 Å². The zero-order chi connectivity index (χ0) is 11.6. The van der Waals surface area contributed by atoms with Crippen molar-refractivity contribution in [2.45, 2.75) is 12.8 Å². The predicted molar refractivity (Wildman–Crippen MR) is 40.4 cm³/mol. The molecule has 0 saturated heterocycles. The molecule has 0 aliphatic rings. The molecule has 15 heavy (non-hydrogen) atoms. The number of nitrogens with zero attached hydrogens (tertiary/aromatic N) is 1. The molecule has 1 rings (SSSR count). The summed E-state index contributed by atoms with van der Waals surface area (Å²) in [7, 11) is 0. The topological polar surface area (TPSA) is 50.2 Å². The van der Waals surface area contributed by atoms with E-state index in [2.05, 4.69) is 4.98 Å². The summed E-state index contributed by atoms with van der Waals surface area (Å²) in [5.74, 6) is -4.23. The average Bonchev–Trinajstić information content (AvgIpc) is 2.08. The molecule has 0 atom stereocenters. The third-order valence-corrected chi connectivity index (χ3v) is 1.61. The fourth-order valence-corrected chi connectivity index (χ4v) is 1.04.